The van der Waals surface area contributed by atoms with Crippen molar-refractivity contribution in [3.05, 3.63) is 48.0 Å². The van der Waals surface area contributed by atoms with Crippen LogP contribution in [0.1, 0.15) is 10.4 Å². The molecule has 8 heteroatoms. The highest BCUT2D eigenvalue weighted by Crippen LogP contribution is 2.38. The van der Waals surface area contributed by atoms with Gasteiger partial charge >= 0.3 is 6.09 Å². The van der Waals surface area contributed by atoms with Gasteiger partial charge in [0.1, 0.15) is 5.75 Å². The normalized spacial score (nSPS) is 13.6. The Bertz CT molecular complexity index is 838. The summed E-state index contributed by atoms with van der Waals surface area (Å²) < 4.78 is 21.3. The number of nitrogens with zero attached hydrogens (tertiary/aromatic N) is 2. The van der Waals surface area contributed by atoms with Crippen molar-refractivity contribution in [3.8, 4) is 23.0 Å². The van der Waals surface area contributed by atoms with Crippen LogP contribution in [0.15, 0.2) is 42.5 Å². The maximum atomic E-state index is 12.9. The lowest BCUT2D eigenvalue weighted by Gasteiger charge is -2.34. The van der Waals surface area contributed by atoms with Gasteiger partial charge in [0.2, 0.25) is 5.75 Å². The topological polar surface area (TPSA) is 77.5 Å². The summed E-state index contributed by atoms with van der Waals surface area (Å²) in [5.74, 6) is 1.59. The van der Waals surface area contributed by atoms with E-state index in [1.165, 1.54) is 21.3 Å². The monoisotopic (exact) mass is 400 g/mol. The van der Waals surface area contributed by atoms with Gasteiger partial charge in [0.25, 0.3) is 5.91 Å². The first-order valence-electron chi connectivity index (χ1n) is 9.18. The summed E-state index contributed by atoms with van der Waals surface area (Å²) in [4.78, 5) is 28.5. The summed E-state index contributed by atoms with van der Waals surface area (Å²) >= 11 is 0. The van der Waals surface area contributed by atoms with Crippen LogP contribution in [0, 0.1) is 0 Å². The quantitative estimate of drug-likeness (QED) is 0.768. The second-order valence-corrected chi connectivity index (χ2v) is 6.37. The van der Waals surface area contributed by atoms with E-state index in [9.17, 15) is 9.59 Å². The zero-order valence-corrected chi connectivity index (χ0v) is 16.7. The molecule has 0 aliphatic carbocycles. The molecule has 1 aliphatic rings. The van der Waals surface area contributed by atoms with Crippen molar-refractivity contribution in [2.24, 2.45) is 0 Å². The lowest BCUT2D eigenvalue weighted by Crippen LogP contribution is -2.51. The second kappa shape index (κ2) is 9.18. The molecule has 1 heterocycles. The Morgan fingerprint density at radius 2 is 1.34 bits per heavy atom. The zero-order chi connectivity index (χ0) is 20.8. The summed E-state index contributed by atoms with van der Waals surface area (Å²) in [6.45, 7) is 1.59. The van der Waals surface area contributed by atoms with Crippen molar-refractivity contribution in [3.63, 3.8) is 0 Å². The minimum Gasteiger partial charge on any atom is -0.493 e. The van der Waals surface area contributed by atoms with Crippen LogP contribution in [0.4, 0.5) is 4.79 Å². The highest BCUT2D eigenvalue weighted by atomic mass is 16.6. The molecule has 0 saturated carbocycles. The number of piperazine rings is 1. The van der Waals surface area contributed by atoms with Crippen molar-refractivity contribution < 1.29 is 28.5 Å². The molecule has 1 saturated heterocycles. The van der Waals surface area contributed by atoms with E-state index in [1.807, 2.05) is 6.07 Å². The number of carbonyl (C=O) groups is 2. The van der Waals surface area contributed by atoms with E-state index >= 15 is 0 Å². The van der Waals surface area contributed by atoms with Crippen LogP contribution in [0.3, 0.4) is 0 Å². The van der Waals surface area contributed by atoms with Gasteiger partial charge in [-0.1, -0.05) is 18.2 Å². The highest BCUT2D eigenvalue weighted by molar-refractivity contribution is 5.95. The van der Waals surface area contributed by atoms with E-state index in [1.54, 1.807) is 46.2 Å². The SMILES string of the molecule is COc1cc(C(=O)N2CCN(C(=O)Oc3ccccc3)CC2)cc(OC)c1OC. The number of hydrogen-bond acceptors (Lipinski definition) is 6. The molecule has 2 aromatic rings. The standard InChI is InChI=1S/C21H24N2O6/c1-26-17-13-15(14-18(27-2)19(17)28-3)20(24)22-9-11-23(12-10-22)21(25)29-16-7-5-4-6-8-16/h4-8,13-14H,9-12H2,1-3H3. The largest absolute Gasteiger partial charge is 0.493 e. The molecule has 0 bridgehead atoms. The maximum Gasteiger partial charge on any atom is 0.415 e. The van der Waals surface area contributed by atoms with E-state index < -0.39 is 6.09 Å². The molecular formula is C21H24N2O6. The van der Waals surface area contributed by atoms with E-state index in [2.05, 4.69) is 0 Å². The summed E-state index contributed by atoms with van der Waals surface area (Å²) in [6.07, 6.45) is -0.420. The van der Waals surface area contributed by atoms with Crippen molar-refractivity contribution in [1.82, 2.24) is 9.80 Å². The van der Waals surface area contributed by atoms with Gasteiger partial charge in [-0.3, -0.25) is 4.79 Å². The molecule has 2 aromatic carbocycles. The fourth-order valence-corrected chi connectivity index (χ4v) is 3.13. The summed E-state index contributed by atoms with van der Waals surface area (Å²) in [5, 5.41) is 0. The van der Waals surface area contributed by atoms with Crippen LogP contribution in [0.5, 0.6) is 23.0 Å². The molecule has 0 aromatic heterocycles. The molecule has 0 atom stereocenters. The predicted octanol–water partition coefficient (Wildman–Crippen LogP) is 2.67. The Balaban J connectivity index is 1.65. The smallest absolute Gasteiger partial charge is 0.415 e. The predicted molar refractivity (Wildman–Crippen MR) is 106 cm³/mol. The van der Waals surface area contributed by atoms with Gasteiger partial charge in [0, 0.05) is 31.7 Å². The molecule has 0 N–H and O–H groups in total. The van der Waals surface area contributed by atoms with Crippen molar-refractivity contribution in [1.29, 1.82) is 0 Å². The van der Waals surface area contributed by atoms with E-state index in [4.69, 9.17) is 18.9 Å². The van der Waals surface area contributed by atoms with Crippen LogP contribution in [0.2, 0.25) is 0 Å². The Kier molecular flexibility index (Phi) is 6.43. The number of para-hydroxylation sites is 1. The number of amides is 2. The Morgan fingerprint density at radius 1 is 0.793 bits per heavy atom. The number of methoxy groups -OCH3 is 3. The minimum atomic E-state index is -0.420. The van der Waals surface area contributed by atoms with Gasteiger partial charge < -0.3 is 28.7 Å². The van der Waals surface area contributed by atoms with Crippen LogP contribution in [0.25, 0.3) is 0 Å². The van der Waals surface area contributed by atoms with Crippen LogP contribution < -0.4 is 18.9 Å². The highest BCUT2D eigenvalue weighted by Gasteiger charge is 2.27. The molecular weight excluding hydrogens is 376 g/mol. The number of ether oxygens (including phenoxy) is 4. The third-order valence-electron chi connectivity index (χ3n) is 4.69. The zero-order valence-electron chi connectivity index (χ0n) is 16.7. The number of rotatable bonds is 5. The first kappa shape index (κ1) is 20.3. The molecule has 1 aliphatic heterocycles. The third-order valence-corrected chi connectivity index (χ3v) is 4.69. The molecule has 3 rings (SSSR count). The molecule has 0 spiro atoms. The van der Waals surface area contributed by atoms with Crippen LogP contribution in [-0.2, 0) is 0 Å². The number of hydrogen-bond donors (Lipinski definition) is 0. The van der Waals surface area contributed by atoms with Crippen LogP contribution in [-0.4, -0.2) is 69.3 Å². The first-order chi connectivity index (χ1) is 14.1. The lowest BCUT2D eigenvalue weighted by atomic mass is 10.1. The fraction of sp³-hybridized carbons (Fsp3) is 0.333. The van der Waals surface area contributed by atoms with Crippen molar-refractivity contribution in [2.45, 2.75) is 0 Å². The molecule has 154 valence electrons. The molecule has 0 unspecified atom stereocenters. The van der Waals surface area contributed by atoms with Gasteiger partial charge in [0.15, 0.2) is 11.5 Å². The molecule has 0 radical (unpaired) electrons. The van der Waals surface area contributed by atoms with Crippen molar-refractivity contribution >= 4 is 12.0 Å². The van der Waals surface area contributed by atoms with Crippen molar-refractivity contribution in [2.75, 3.05) is 47.5 Å². The van der Waals surface area contributed by atoms with Gasteiger partial charge in [0.05, 0.1) is 21.3 Å². The molecule has 1 fully saturated rings. The molecule has 29 heavy (non-hydrogen) atoms. The minimum absolute atomic E-state index is 0.166. The summed E-state index contributed by atoms with van der Waals surface area (Å²) in [5.41, 5.74) is 0.430. The Labute approximate surface area is 169 Å². The fourth-order valence-electron chi connectivity index (χ4n) is 3.13. The average Bonchev–Trinajstić information content (AvgIpc) is 2.78. The van der Waals surface area contributed by atoms with Crippen LogP contribution >= 0.6 is 0 Å². The third kappa shape index (κ3) is 4.53. The Morgan fingerprint density at radius 3 is 1.86 bits per heavy atom. The van der Waals surface area contributed by atoms with E-state index in [0.29, 0.717) is 54.7 Å². The van der Waals surface area contributed by atoms with E-state index in [-0.39, 0.29) is 5.91 Å². The number of carbonyl (C=O) groups excluding carboxylic acids is 2. The number of benzene rings is 2. The first-order valence-corrected chi connectivity index (χ1v) is 9.18. The molecule has 8 nitrogen and oxygen atoms in total. The van der Waals surface area contributed by atoms with Gasteiger partial charge in [-0.2, -0.15) is 0 Å². The van der Waals surface area contributed by atoms with E-state index in [0.717, 1.165) is 0 Å². The maximum absolute atomic E-state index is 12.9. The average molecular weight is 400 g/mol. The van der Waals surface area contributed by atoms with Gasteiger partial charge in [-0.05, 0) is 24.3 Å². The van der Waals surface area contributed by atoms with Gasteiger partial charge in [-0.25, -0.2) is 4.79 Å². The second-order valence-electron chi connectivity index (χ2n) is 6.37. The summed E-state index contributed by atoms with van der Waals surface area (Å²) in [6, 6.07) is 12.2. The lowest BCUT2D eigenvalue weighted by molar-refractivity contribution is 0.0632. The Hall–Kier alpha value is -3.42. The molecule has 2 amide bonds. The summed E-state index contributed by atoms with van der Waals surface area (Å²) in [7, 11) is 4.51. The van der Waals surface area contributed by atoms with Gasteiger partial charge in [-0.15, -0.1) is 0 Å².